The second-order valence-electron chi connectivity index (χ2n) is 6.04. The van der Waals surface area contributed by atoms with Gasteiger partial charge in [0.2, 0.25) is 0 Å². The molecular weight excluding hydrogens is 330 g/mol. The molecule has 138 valence electrons. The van der Waals surface area contributed by atoms with Crippen LogP contribution >= 0.6 is 0 Å². The molecule has 0 radical (unpaired) electrons. The number of aliphatic hydroxyl groups is 1. The van der Waals surface area contributed by atoms with Gasteiger partial charge in [-0.2, -0.15) is 5.26 Å². The van der Waals surface area contributed by atoms with Gasteiger partial charge in [-0.3, -0.25) is 0 Å². The van der Waals surface area contributed by atoms with Crippen molar-refractivity contribution in [3.8, 4) is 11.8 Å². The normalized spacial score (nSPS) is 14.2. The van der Waals surface area contributed by atoms with Gasteiger partial charge in [0.25, 0.3) is 0 Å². The SMILES string of the molecule is C=CCc1cccc(O)c1C(=O)O[C@H](/C=C/C#N)C[C@H](O)[C@H](C)CC=C. The number of phenols is 1. The third-order valence-electron chi connectivity index (χ3n) is 4.01. The minimum atomic E-state index is -0.791. The Labute approximate surface area is 154 Å². The van der Waals surface area contributed by atoms with Gasteiger partial charge in [-0.1, -0.05) is 31.2 Å². The Morgan fingerprint density at radius 3 is 2.73 bits per heavy atom. The Bertz CT molecular complexity index is 702. The topological polar surface area (TPSA) is 90.5 Å². The maximum absolute atomic E-state index is 12.6. The number of hydrogen-bond acceptors (Lipinski definition) is 5. The molecule has 0 bridgehead atoms. The Balaban J connectivity index is 3.00. The lowest BCUT2D eigenvalue weighted by molar-refractivity contribution is 0.0191. The number of hydrogen-bond donors (Lipinski definition) is 2. The van der Waals surface area contributed by atoms with E-state index < -0.39 is 18.2 Å². The van der Waals surface area contributed by atoms with Crippen molar-refractivity contribution < 1.29 is 19.7 Å². The molecule has 0 aromatic heterocycles. The van der Waals surface area contributed by atoms with Crippen LogP contribution in [-0.2, 0) is 11.2 Å². The highest BCUT2D eigenvalue weighted by Gasteiger charge is 2.24. The summed E-state index contributed by atoms with van der Waals surface area (Å²) in [6.07, 6.45) is 5.61. The summed E-state index contributed by atoms with van der Waals surface area (Å²) < 4.78 is 5.45. The van der Waals surface area contributed by atoms with E-state index in [0.717, 1.165) is 0 Å². The third-order valence-corrected chi connectivity index (χ3v) is 4.01. The molecule has 5 nitrogen and oxygen atoms in total. The number of esters is 1. The van der Waals surface area contributed by atoms with Gasteiger partial charge in [-0.15, -0.1) is 13.2 Å². The van der Waals surface area contributed by atoms with E-state index in [1.165, 1.54) is 18.2 Å². The van der Waals surface area contributed by atoms with E-state index in [4.69, 9.17) is 10.00 Å². The van der Waals surface area contributed by atoms with Crippen molar-refractivity contribution >= 4 is 5.97 Å². The molecule has 0 aliphatic carbocycles. The first-order chi connectivity index (χ1) is 12.4. The fourth-order valence-corrected chi connectivity index (χ4v) is 2.55. The van der Waals surface area contributed by atoms with E-state index in [1.54, 1.807) is 24.3 Å². The number of carbonyl (C=O) groups excluding carboxylic acids is 1. The third kappa shape index (κ3) is 6.23. The number of carbonyl (C=O) groups is 1. The predicted octanol–water partition coefficient (Wildman–Crippen LogP) is 3.69. The highest BCUT2D eigenvalue weighted by Crippen LogP contribution is 2.24. The summed E-state index contributed by atoms with van der Waals surface area (Å²) in [4.78, 5) is 12.6. The molecule has 1 aromatic rings. The number of nitrogens with zero attached hydrogens (tertiary/aromatic N) is 1. The van der Waals surface area contributed by atoms with Crippen molar-refractivity contribution in [2.75, 3.05) is 0 Å². The number of benzene rings is 1. The van der Waals surface area contributed by atoms with Crippen molar-refractivity contribution in [1.82, 2.24) is 0 Å². The largest absolute Gasteiger partial charge is 0.507 e. The molecule has 26 heavy (non-hydrogen) atoms. The maximum Gasteiger partial charge on any atom is 0.342 e. The summed E-state index contributed by atoms with van der Waals surface area (Å²) in [5.74, 6) is -0.959. The first kappa shape index (κ1) is 21.2. The predicted molar refractivity (Wildman–Crippen MR) is 101 cm³/mol. The van der Waals surface area contributed by atoms with E-state index in [2.05, 4.69) is 13.2 Å². The Kier molecular flexibility index (Phi) is 8.90. The number of allylic oxidation sites excluding steroid dienone is 3. The van der Waals surface area contributed by atoms with Crippen LogP contribution in [0.15, 0.2) is 55.7 Å². The molecule has 1 aromatic carbocycles. The van der Waals surface area contributed by atoms with Gasteiger partial charge in [0, 0.05) is 12.5 Å². The monoisotopic (exact) mass is 355 g/mol. The number of nitriles is 1. The number of rotatable bonds is 10. The van der Waals surface area contributed by atoms with E-state index in [-0.39, 0.29) is 23.7 Å². The minimum Gasteiger partial charge on any atom is -0.507 e. The van der Waals surface area contributed by atoms with Crippen LogP contribution in [0.4, 0.5) is 0 Å². The average molecular weight is 355 g/mol. The molecule has 0 saturated carbocycles. The second kappa shape index (κ2) is 10.9. The lowest BCUT2D eigenvalue weighted by atomic mass is 9.96. The molecule has 5 heteroatoms. The van der Waals surface area contributed by atoms with Gasteiger partial charge in [-0.25, -0.2) is 4.79 Å². The van der Waals surface area contributed by atoms with E-state index in [1.807, 2.05) is 13.0 Å². The molecule has 0 amide bonds. The Hall–Kier alpha value is -2.84. The Morgan fingerprint density at radius 1 is 1.38 bits per heavy atom. The zero-order valence-corrected chi connectivity index (χ0v) is 15.0. The van der Waals surface area contributed by atoms with Crippen molar-refractivity contribution in [3.05, 3.63) is 66.8 Å². The van der Waals surface area contributed by atoms with Crippen LogP contribution < -0.4 is 0 Å². The van der Waals surface area contributed by atoms with Crippen molar-refractivity contribution in [1.29, 1.82) is 5.26 Å². The van der Waals surface area contributed by atoms with Gasteiger partial charge >= 0.3 is 5.97 Å². The summed E-state index contributed by atoms with van der Waals surface area (Å²) in [5.41, 5.74) is 0.657. The molecule has 0 aliphatic heterocycles. The standard InChI is InChI=1S/C21H25NO4/c1-4-8-15(3)19(24)14-17(11-7-13-22)26-21(25)20-16(9-5-2)10-6-12-18(20)23/h4-7,10-12,15,17,19,23-24H,1-2,8-9,14H2,3H3/b11-7+/t15-,17-,19+/m1/s1. The number of ether oxygens (including phenoxy) is 1. The molecule has 2 N–H and O–H groups in total. The van der Waals surface area contributed by atoms with E-state index in [9.17, 15) is 15.0 Å². The number of phenolic OH excluding ortho intramolecular Hbond substituents is 1. The molecule has 1 rings (SSSR count). The fourth-order valence-electron chi connectivity index (χ4n) is 2.55. The number of aliphatic hydroxyl groups excluding tert-OH is 1. The summed E-state index contributed by atoms with van der Waals surface area (Å²) in [5, 5.41) is 29.1. The minimum absolute atomic E-state index is 0.0642. The number of aromatic hydroxyl groups is 1. The van der Waals surface area contributed by atoms with Crippen LogP contribution in [0, 0.1) is 17.2 Å². The van der Waals surface area contributed by atoms with Crippen molar-refractivity contribution in [3.63, 3.8) is 0 Å². The lowest BCUT2D eigenvalue weighted by Gasteiger charge is -2.22. The highest BCUT2D eigenvalue weighted by molar-refractivity contribution is 5.94. The molecule has 0 unspecified atom stereocenters. The van der Waals surface area contributed by atoms with Crippen LogP contribution in [0.5, 0.6) is 5.75 Å². The second-order valence-corrected chi connectivity index (χ2v) is 6.04. The van der Waals surface area contributed by atoms with Crippen LogP contribution in [0.25, 0.3) is 0 Å². The summed E-state index contributed by atoms with van der Waals surface area (Å²) in [6.45, 7) is 9.15. The molecular formula is C21H25NO4. The molecule has 3 atom stereocenters. The van der Waals surface area contributed by atoms with Gasteiger partial charge in [0.1, 0.15) is 17.4 Å². The van der Waals surface area contributed by atoms with Crippen LogP contribution in [0.3, 0.4) is 0 Å². The summed E-state index contributed by atoms with van der Waals surface area (Å²) in [6, 6.07) is 6.60. The van der Waals surface area contributed by atoms with Crippen LogP contribution in [-0.4, -0.2) is 28.4 Å². The molecule has 0 saturated heterocycles. The molecule has 0 heterocycles. The van der Waals surface area contributed by atoms with Gasteiger partial charge in [-0.05, 0) is 36.5 Å². The first-order valence-corrected chi connectivity index (χ1v) is 8.42. The van der Waals surface area contributed by atoms with Crippen molar-refractivity contribution in [2.45, 2.75) is 38.4 Å². The quantitative estimate of drug-likeness (QED) is 0.379. The van der Waals surface area contributed by atoms with E-state index >= 15 is 0 Å². The zero-order chi connectivity index (χ0) is 19.5. The average Bonchev–Trinajstić information content (AvgIpc) is 2.60. The molecule has 0 fully saturated rings. The fraction of sp³-hybridized carbons (Fsp3) is 0.333. The van der Waals surface area contributed by atoms with Crippen LogP contribution in [0.2, 0.25) is 0 Å². The summed E-state index contributed by atoms with van der Waals surface area (Å²) in [7, 11) is 0. The zero-order valence-electron chi connectivity index (χ0n) is 15.0. The lowest BCUT2D eigenvalue weighted by Crippen LogP contribution is -2.27. The first-order valence-electron chi connectivity index (χ1n) is 8.42. The molecule has 0 spiro atoms. The van der Waals surface area contributed by atoms with Gasteiger partial charge in [0.05, 0.1) is 12.2 Å². The van der Waals surface area contributed by atoms with Crippen molar-refractivity contribution in [2.24, 2.45) is 5.92 Å². The Morgan fingerprint density at radius 2 is 2.12 bits per heavy atom. The van der Waals surface area contributed by atoms with Gasteiger partial charge < -0.3 is 14.9 Å². The highest BCUT2D eigenvalue weighted by atomic mass is 16.5. The molecule has 0 aliphatic rings. The van der Waals surface area contributed by atoms with E-state index in [0.29, 0.717) is 18.4 Å². The van der Waals surface area contributed by atoms with Gasteiger partial charge in [0.15, 0.2) is 0 Å². The maximum atomic E-state index is 12.6. The smallest absolute Gasteiger partial charge is 0.342 e. The van der Waals surface area contributed by atoms with Crippen LogP contribution in [0.1, 0.15) is 35.7 Å². The summed E-state index contributed by atoms with van der Waals surface area (Å²) >= 11 is 0.